The SMILES string of the molecule is Cc1nn(Cc2nc3ccsc3c(=O)[nH]2)c(C)c1C=O. The standard InChI is InChI=1S/C13H12N4O2S/c1-7-9(6-18)8(2)17(16-7)5-11-14-10-3-4-20-12(10)13(19)15-11/h3-4,6H,5H2,1-2H3,(H,14,15,19). The molecule has 0 atom stereocenters. The minimum Gasteiger partial charge on any atom is -0.308 e. The van der Waals surface area contributed by atoms with Gasteiger partial charge >= 0.3 is 0 Å². The highest BCUT2D eigenvalue weighted by Crippen LogP contribution is 2.15. The van der Waals surface area contributed by atoms with Crippen LogP contribution in [0.25, 0.3) is 10.2 Å². The van der Waals surface area contributed by atoms with E-state index in [4.69, 9.17) is 0 Å². The number of carbonyl (C=O) groups excluding carboxylic acids is 1. The summed E-state index contributed by atoms with van der Waals surface area (Å²) in [6.07, 6.45) is 0.798. The zero-order chi connectivity index (χ0) is 14.3. The summed E-state index contributed by atoms with van der Waals surface area (Å²) in [5.41, 5.74) is 2.58. The van der Waals surface area contributed by atoms with Crippen LogP contribution in [0, 0.1) is 13.8 Å². The zero-order valence-corrected chi connectivity index (χ0v) is 11.8. The molecular formula is C13H12N4O2S. The van der Waals surface area contributed by atoms with Crippen LogP contribution in [0.1, 0.15) is 27.6 Å². The van der Waals surface area contributed by atoms with Crippen LogP contribution in [-0.2, 0) is 6.54 Å². The Bertz CT molecular complexity index is 859. The zero-order valence-electron chi connectivity index (χ0n) is 11.0. The van der Waals surface area contributed by atoms with Gasteiger partial charge in [-0.05, 0) is 25.3 Å². The number of hydrogen-bond donors (Lipinski definition) is 1. The molecule has 6 nitrogen and oxygen atoms in total. The molecule has 0 amide bonds. The number of aromatic nitrogens is 4. The third-order valence-electron chi connectivity index (χ3n) is 3.22. The van der Waals surface area contributed by atoms with Crippen LogP contribution in [0.5, 0.6) is 0 Å². The van der Waals surface area contributed by atoms with Crippen LogP contribution in [0.2, 0.25) is 0 Å². The van der Waals surface area contributed by atoms with E-state index >= 15 is 0 Å². The van der Waals surface area contributed by atoms with E-state index in [0.717, 1.165) is 12.0 Å². The van der Waals surface area contributed by atoms with Crippen LogP contribution in [0.15, 0.2) is 16.2 Å². The van der Waals surface area contributed by atoms with Crippen LogP contribution in [0.3, 0.4) is 0 Å². The average molecular weight is 288 g/mol. The summed E-state index contributed by atoms with van der Waals surface area (Å²) in [7, 11) is 0. The van der Waals surface area contributed by atoms with Gasteiger partial charge in [0.15, 0.2) is 6.29 Å². The molecule has 0 radical (unpaired) electrons. The number of aromatic amines is 1. The molecule has 1 N–H and O–H groups in total. The fourth-order valence-electron chi connectivity index (χ4n) is 2.17. The summed E-state index contributed by atoms with van der Waals surface area (Å²) in [6.45, 7) is 3.94. The molecule has 0 saturated heterocycles. The Morgan fingerprint density at radius 2 is 2.25 bits per heavy atom. The lowest BCUT2D eigenvalue weighted by atomic mass is 10.2. The van der Waals surface area contributed by atoms with E-state index in [1.807, 2.05) is 18.4 Å². The molecule has 0 fully saturated rings. The normalized spacial score (nSPS) is 11.1. The van der Waals surface area contributed by atoms with Crippen molar-refractivity contribution < 1.29 is 4.79 Å². The Morgan fingerprint density at radius 3 is 2.95 bits per heavy atom. The molecule has 0 saturated carbocycles. The second-order valence-corrected chi connectivity index (χ2v) is 5.42. The average Bonchev–Trinajstić information content (AvgIpc) is 2.96. The minimum atomic E-state index is -0.142. The van der Waals surface area contributed by atoms with Crippen LogP contribution in [-0.4, -0.2) is 26.0 Å². The van der Waals surface area contributed by atoms with Gasteiger partial charge < -0.3 is 4.98 Å². The number of H-pyrrole nitrogens is 1. The number of nitrogens with one attached hydrogen (secondary N) is 1. The summed E-state index contributed by atoms with van der Waals surface area (Å²) < 4.78 is 2.30. The number of aryl methyl sites for hydroxylation is 1. The third kappa shape index (κ3) is 1.96. The predicted molar refractivity (Wildman–Crippen MR) is 76.4 cm³/mol. The molecule has 3 aromatic heterocycles. The van der Waals surface area contributed by atoms with E-state index in [-0.39, 0.29) is 5.56 Å². The predicted octanol–water partition coefficient (Wildman–Crippen LogP) is 1.66. The van der Waals surface area contributed by atoms with E-state index < -0.39 is 0 Å². The van der Waals surface area contributed by atoms with Gasteiger partial charge in [-0.3, -0.25) is 14.3 Å². The number of aldehydes is 1. The monoisotopic (exact) mass is 288 g/mol. The Hall–Kier alpha value is -2.28. The lowest BCUT2D eigenvalue weighted by molar-refractivity contribution is 0.112. The molecule has 0 unspecified atom stereocenters. The Labute approximate surface area is 118 Å². The molecular weight excluding hydrogens is 276 g/mol. The van der Waals surface area contributed by atoms with Crippen molar-refractivity contribution >= 4 is 27.8 Å². The Kier molecular flexibility index (Phi) is 2.98. The van der Waals surface area contributed by atoms with Crippen molar-refractivity contribution in [2.45, 2.75) is 20.4 Å². The van der Waals surface area contributed by atoms with E-state index in [9.17, 15) is 9.59 Å². The molecule has 0 aliphatic carbocycles. The second kappa shape index (κ2) is 4.68. The number of thiophene rings is 1. The Morgan fingerprint density at radius 1 is 1.45 bits per heavy atom. The van der Waals surface area contributed by atoms with Crippen molar-refractivity contribution in [3.63, 3.8) is 0 Å². The summed E-state index contributed by atoms with van der Waals surface area (Å²) in [4.78, 5) is 30.0. The van der Waals surface area contributed by atoms with Gasteiger partial charge in [-0.15, -0.1) is 11.3 Å². The quantitative estimate of drug-likeness (QED) is 0.743. The van der Waals surface area contributed by atoms with Gasteiger partial charge in [-0.2, -0.15) is 5.10 Å². The van der Waals surface area contributed by atoms with E-state index in [2.05, 4.69) is 15.1 Å². The molecule has 0 aliphatic heterocycles. The van der Waals surface area contributed by atoms with Crippen molar-refractivity contribution in [2.75, 3.05) is 0 Å². The molecule has 0 aliphatic rings. The van der Waals surface area contributed by atoms with E-state index in [1.54, 1.807) is 11.6 Å². The maximum absolute atomic E-state index is 11.9. The third-order valence-corrected chi connectivity index (χ3v) is 4.12. The molecule has 0 spiro atoms. The molecule has 3 aromatic rings. The van der Waals surface area contributed by atoms with E-state index in [1.165, 1.54) is 11.3 Å². The fraction of sp³-hybridized carbons (Fsp3) is 0.231. The van der Waals surface area contributed by atoms with Crippen molar-refractivity contribution in [1.82, 2.24) is 19.7 Å². The van der Waals surface area contributed by atoms with Gasteiger partial charge in [0.1, 0.15) is 10.5 Å². The highest BCUT2D eigenvalue weighted by Gasteiger charge is 2.12. The van der Waals surface area contributed by atoms with Crippen molar-refractivity contribution in [2.24, 2.45) is 0 Å². The second-order valence-electron chi connectivity index (χ2n) is 4.51. The van der Waals surface area contributed by atoms with Crippen molar-refractivity contribution in [3.8, 4) is 0 Å². The lowest BCUT2D eigenvalue weighted by Gasteiger charge is -2.04. The van der Waals surface area contributed by atoms with Crippen LogP contribution in [0.4, 0.5) is 0 Å². The van der Waals surface area contributed by atoms with Crippen LogP contribution >= 0.6 is 11.3 Å². The van der Waals surface area contributed by atoms with Crippen molar-refractivity contribution in [1.29, 1.82) is 0 Å². The van der Waals surface area contributed by atoms with Gasteiger partial charge in [-0.1, -0.05) is 0 Å². The van der Waals surface area contributed by atoms with Gasteiger partial charge in [-0.25, -0.2) is 4.98 Å². The largest absolute Gasteiger partial charge is 0.308 e. The first-order valence-electron chi connectivity index (χ1n) is 6.05. The molecule has 3 rings (SSSR count). The minimum absolute atomic E-state index is 0.142. The number of hydrogen-bond acceptors (Lipinski definition) is 5. The first-order chi connectivity index (χ1) is 9.60. The summed E-state index contributed by atoms with van der Waals surface area (Å²) in [5, 5.41) is 6.14. The fourth-order valence-corrected chi connectivity index (χ4v) is 2.90. The number of carbonyl (C=O) groups is 1. The molecule has 0 aromatic carbocycles. The summed E-state index contributed by atoms with van der Waals surface area (Å²) >= 11 is 1.37. The Balaban J connectivity index is 2.05. The van der Waals surface area contributed by atoms with Crippen molar-refractivity contribution in [3.05, 3.63) is 44.6 Å². The molecule has 7 heteroatoms. The summed E-state index contributed by atoms with van der Waals surface area (Å²) in [6, 6.07) is 1.82. The maximum Gasteiger partial charge on any atom is 0.268 e. The van der Waals surface area contributed by atoms with Gasteiger partial charge in [0, 0.05) is 5.69 Å². The summed E-state index contributed by atoms with van der Waals surface area (Å²) in [5.74, 6) is 0.531. The van der Waals surface area contributed by atoms with Crippen LogP contribution < -0.4 is 5.56 Å². The van der Waals surface area contributed by atoms with Gasteiger partial charge in [0.05, 0.1) is 23.3 Å². The molecule has 20 heavy (non-hydrogen) atoms. The highest BCUT2D eigenvalue weighted by molar-refractivity contribution is 7.17. The number of rotatable bonds is 3. The first-order valence-corrected chi connectivity index (χ1v) is 6.93. The first kappa shape index (κ1) is 12.7. The maximum atomic E-state index is 11.9. The number of nitrogens with zero attached hydrogens (tertiary/aromatic N) is 3. The molecule has 3 heterocycles. The van der Waals surface area contributed by atoms with Gasteiger partial charge in [0.25, 0.3) is 5.56 Å². The smallest absolute Gasteiger partial charge is 0.268 e. The topological polar surface area (TPSA) is 80.6 Å². The highest BCUT2D eigenvalue weighted by atomic mass is 32.1. The lowest BCUT2D eigenvalue weighted by Crippen LogP contribution is -2.14. The molecule has 102 valence electrons. The molecule has 0 bridgehead atoms. The number of fused-ring (bicyclic) bond motifs is 1. The van der Waals surface area contributed by atoms with Gasteiger partial charge in [0.2, 0.25) is 0 Å². The van der Waals surface area contributed by atoms with E-state index in [0.29, 0.717) is 33.8 Å².